The van der Waals surface area contributed by atoms with Gasteiger partial charge in [0, 0.05) is 17.9 Å². The summed E-state index contributed by atoms with van der Waals surface area (Å²) < 4.78 is 0. The molecule has 0 spiro atoms. The van der Waals surface area contributed by atoms with Crippen molar-refractivity contribution in [2.75, 3.05) is 0 Å². The van der Waals surface area contributed by atoms with Crippen LogP contribution in [-0.2, 0) is 4.79 Å². The molecule has 0 radical (unpaired) electrons. The van der Waals surface area contributed by atoms with Crippen molar-refractivity contribution < 1.29 is 4.79 Å². The van der Waals surface area contributed by atoms with Gasteiger partial charge in [-0.2, -0.15) is 0 Å². The lowest BCUT2D eigenvalue weighted by Gasteiger charge is -2.57. The fourth-order valence-electron chi connectivity index (χ4n) is 5.18. The van der Waals surface area contributed by atoms with E-state index in [2.05, 4.69) is 15.3 Å². The van der Waals surface area contributed by atoms with Crippen LogP contribution in [0.5, 0.6) is 0 Å². The fourth-order valence-corrected chi connectivity index (χ4v) is 5.91. The van der Waals surface area contributed by atoms with Crippen molar-refractivity contribution in [3.05, 3.63) is 18.5 Å². The number of nitrogens with zero attached hydrogens (tertiary/aromatic N) is 2. The van der Waals surface area contributed by atoms with Crippen LogP contribution in [0.25, 0.3) is 0 Å². The molecule has 4 nitrogen and oxygen atoms in total. The summed E-state index contributed by atoms with van der Waals surface area (Å²) in [6, 6.07) is 1.80. The van der Waals surface area contributed by atoms with Crippen LogP contribution in [0.15, 0.2) is 23.6 Å². The van der Waals surface area contributed by atoms with E-state index in [4.69, 9.17) is 0 Å². The van der Waals surface area contributed by atoms with Crippen molar-refractivity contribution >= 4 is 17.7 Å². The molecule has 1 N–H and O–H groups in total. The zero-order valence-electron chi connectivity index (χ0n) is 13.0. The molecule has 1 atom stereocenters. The van der Waals surface area contributed by atoms with Gasteiger partial charge in [0.25, 0.3) is 0 Å². The maximum atomic E-state index is 12.6. The van der Waals surface area contributed by atoms with Gasteiger partial charge in [-0.05, 0) is 69.3 Å². The first-order chi connectivity index (χ1) is 10.6. The molecule has 4 aliphatic rings. The van der Waals surface area contributed by atoms with Crippen molar-refractivity contribution in [2.45, 2.75) is 61.4 Å². The number of rotatable bonds is 4. The van der Waals surface area contributed by atoms with E-state index in [1.807, 2.05) is 6.92 Å². The van der Waals surface area contributed by atoms with Crippen LogP contribution >= 0.6 is 11.8 Å². The van der Waals surface area contributed by atoms with Crippen molar-refractivity contribution in [1.29, 1.82) is 0 Å². The van der Waals surface area contributed by atoms with Crippen LogP contribution in [-0.4, -0.2) is 26.7 Å². The molecular formula is C17H23N3OS. The first-order valence-corrected chi connectivity index (χ1v) is 9.25. The zero-order chi connectivity index (χ0) is 15.2. The number of hydrogen-bond donors (Lipinski definition) is 1. The van der Waals surface area contributed by atoms with E-state index in [-0.39, 0.29) is 16.7 Å². The molecule has 4 fully saturated rings. The van der Waals surface area contributed by atoms with E-state index in [0.29, 0.717) is 5.16 Å². The Morgan fingerprint density at radius 3 is 2.27 bits per heavy atom. The maximum Gasteiger partial charge on any atom is 0.233 e. The average molecular weight is 317 g/mol. The molecule has 0 saturated heterocycles. The zero-order valence-corrected chi connectivity index (χ0v) is 13.8. The molecular weight excluding hydrogens is 294 g/mol. The minimum Gasteiger partial charge on any atom is -0.350 e. The minimum absolute atomic E-state index is 0.0954. The van der Waals surface area contributed by atoms with Crippen molar-refractivity contribution in [3.8, 4) is 0 Å². The molecule has 1 amide bonds. The molecule has 0 aliphatic heterocycles. The van der Waals surface area contributed by atoms with E-state index in [0.717, 1.165) is 17.8 Å². The first-order valence-electron chi connectivity index (χ1n) is 8.38. The Bertz CT molecular complexity index is 527. The number of carbonyl (C=O) groups excluding carboxylic acids is 1. The Balaban J connectivity index is 1.41. The summed E-state index contributed by atoms with van der Waals surface area (Å²) in [5.74, 6) is 2.71. The molecule has 1 unspecified atom stereocenters. The Labute approximate surface area is 135 Å². The van der Waals surface area contributed by atoms with Crippen molar-refractivity contribution in [2.24, 2.45) is 17.8 Å². The summed E-state index contributed by atoms with van der Waals surface area (Å²) in [5, 5.41) is 3.96. The number of hydrogen-bond acceptors (Lipinski definition) is 4. The second-order valence-corrected chi connectivity index (χ2v) is 8.79. The van der Waals surface area contributed by atoms with Gasteiger partial charge in [-0.25, -0.2) is 9.97 Å². The standard InChI is InChI=1S/C17H23N3OS/c1-11(22-16-18-3-2-4-19-16)15(21)20-17-8-12-5-13(9-17)7-14(6-12)10-17/h2-4,11-14H,5-10H2,1H3,(H,20,21). The molecule has 1 heterocycles. The second kappa shape index (κ2) is 5.52. The van der Waals surface area contributed by atoms with E-state index in [9.17, 15) is 4.79 Å². The second-order valence-electron chi connectivity index (χ2n) is 7.48. The van der Waals surface area contributed by atoms with Gasteiger partial charge in [-0.15, -0.1) is 0 Å². The summed E-state index contributed by atoms with van der Waals surface area (Å²) in [6.45, 7) is 1.96. The Kier molecular flexibility index (Phi) is 3.63. The Morgan fingerprint density at radius 1 is 1.18 bits per heavy atom. The average Bonchev–Trinajstić information content (AvgIpc) is 2.46. The maximum absolute atomic E-state index is 12.6. The van der Waals surface area contributed by atoms with Gasteiger partial charge in [-0.3, -0.25) is 4.79 Å². The smallest absolute Gasteiger partial charge is 0.233 e. The van der Waals surface area contributed by atoms with Gasteiger partial charge < -0.3 is 5.32 Å². The van der Waals surface area contributed by atoms with E-state index in [1.165, 1.54) is 50.3 Å². The first kappa shape index (κ1) is 14.5. The van der Waals surface area contributed by atoms with E-state index < -0.39 is 0 Å². The molecule has 4 bridgehead atoms. The predicted octanol–water partition coefficient (Wildman–Crippen LogP) is 3.04. The van der Waals surface area contributed by atoms with Gasteiger partial charge in [-0.1, -0.05) is 11.8 Å². The SMILES string of the molecule is CC(Sc1ncccn1)C(=O)NC12CC3CC(CC(C3)C1)C2. The van der Waals surface area contributed by atoms with Gasteiger partial charge in [0.1, 0.15) is 0 Å². The van der Waals surface area contributed by atoms with Crippen LogP contribution in [0.3, 0.4) is 0 Å². The highest BCUT2D eigenvalue weighted by molar-refractivity contribution is 8.00. The highest BCUT2D eigenvalue weighted by atomic mass is 32.2. The molecule has 118 valence electrons. The quantitative estimate of drug-likeness (QED) is 0.685. The van der Waals surface area contributed by atoms with E-state index in [1.54, 1.807) is 18.5 Å². The van der Waals surface area contributed by atoms with Crippen LogP contribution in [0.4, 0.5) is 0 Å². The summed E-state index contributed by atoms with van der Waals surface area (Å²) in [7, 11) is 0. The van der Waals surface area contributed by atoms with Crippen LogP contribution < -0.4 is 5.32 Å². The summed E-state index contributed by atoms with van der Waals surface area (Å²) in [5.41, 5.74) is 0.0954. The number of carbonyl (C=O) groups is 1. The van der Waals surface area contributed by atoms with Crippen molar-refractivity contribution in [1.82, 2.24) is 15.3 Å². The van der Waals surface area contributed by atoms with Crippen LogP contribution in [0, 0.1) is 17.8 Å². The van der Waals surface area contributed by atoms with Gasteiger partial charge >= 0.3 is 0 Å². The fraction of sp³-hybridized carbons (Fsp3) is 0.706. The van der Waals surface area contributed by atoms with Gasteiger partial charge in [0.05, 0.1) is 5.25 Å². The minimum atomic E-state index is -0.143. The van der Waals surface area contributed by atoms with Gasteiger partial charge in [0.2, 0.25) is 5.91 Å². The molecule has 4 aliphatic carbocycles. The Hall–Kier alpha value is -1.10. The largest absolute Gasteiger partial charge is 0.350 e. The molecule has 5 rings (SSSR count). The Morgan fingerprint density at radius 2 is 1.73 bits per heavy atom. The molecule has 22 heavy (non-hydrogen) atoms. The number of amides is 1. The van der Waals surface area contributed by atoms with Gasteiger partial charge in [0.15, 0.2) is 5.16 Å². The topological polar surface area (TPSA) is 54.9 Å². The third kappa shape index (κ3) is 2.75. The lowest BCUT2D eigenvalue weighted by Crippen LogP contribution is -2.60. The molecule has 0 aromatic carbocycles. The highest BCUT2D eigenvalue weighted by Crippen LogP contribution is 2.55. The lowest BCUT2D eigenvalue weighted by atomic mass is 9.53. The number of aromatic nitrogens is 2. The molecule has 4 saturated carbocycles. The highest BCUT2D eigenvalue weighted by Gasteiger charge is 2.51. The van der Waals surface area contributed by atoms with Crippen molar-refractivity contribution in [3.63, 3.8) is 0 Å². The summed E-state index contributed by atoms with van der Waals surface area (Å²) in [6.07, 6.45) is 11.2. The normalized spacial score (nSPS) is 37.0. The van der Waals surface area contributed by atoms with Crippen LogP contribution in [0.1, 0.15) is 45.4 Å². The molecule has 1 aromatic rings. The van der Waals surface area contributed by atoms with Crippen LogP contribution in [0.2, 0.25) is 0 Å². The third-order valence-corrected chi connectivity index (χ3v) is 6.61. The summed E-state index contributed by atoms with van der Waals surface area (Å²) in [4.78, 5) is 21.0. The summed E-state index contributed by atoms with van der Waals surface area (Å²) >= 11 is 1.45. The molecule has 1 aromatic heterocycles. The lowest BCUT2D eigenvalue weighted by molar-refractivity contribution is -0.126. The predicted molar refractivity (Wildman–Crippen MR) is 86.4 cm³/mol. The monoisotopic (exact) mass is 317 g/mol. The molecule has 5 heteroatoms. The third-order valence-electron chi connectivity index (χ3n) is 5.62. The number of thioether (sulfide) groups is 1. The van der Waals surface area contributed by atoms with E-state index >= 15 is 0 Å². The number of nitrogens with one attached hydrogen (secondary N) is 1.